The molecule has 0 amide bonds. The number of rotatable bonds is 7. The number of hydrogen-bond donors (Lipinski definition) is 0. The summed E-state index contributed by atoms with van der Waals surface area (Å²) in [5.74, 6) is -0.795. The highest BCUT2D eigenvalue weighted by Gasteiger charge is 2.36. The standard InChI is InChI=1S/C33H27NO7S/c1-3-39-33(36)30-27-20-25(16-17-29(27)41-31(30)22-10-5-4-6-11-22)40-32(35)24-13-9-14-26(19-24)42(37,38)34-21(2)18-23-12-7-8-15-28(23)34/h4-17,19-21H,3,18H2,1-2H3. The average molecular weight is 582 g/mol. The van der Waals surface area contributed by atoms with E-state index in [1.54, 1.807) is 37.3 Å². The highest BCUT2D eigenvalue weighted by Crippen LogP contribution is 2.38. The van der Waals surface area contributed by atoms with E-state index in [4.69, 9.17) is 13.9 Å². The zero-order valence-corrected chi connectivity index (χ0v) is 23.8. The smallest absolute Gasteiger partial charge is 0.343 e. The van der Waals surface area contributed by atoms with Gasteiger partial charge in [-0.25, -0.2) is 18.0 Å². The molecule has 8 nitrogen and oxygen atoms in total. The number of esters is 2. The first-order valence-corrected chi connectivity index (χ1v) is 15.0. The van der Waals surface area contributed by atoms with Gasteiger partial charge in [0.05, 0.1) is 22.8 Å². The Morgan fingerprint density at radius 2 is 1.67 bits per heavy atom. The molecule has 1 aliphatic heterocycles. The third kappa shape index (κ3) is 4.81. The molecule has 212 valence electrons. The van der Waals surface area contributed by atoms with E-state index in [0.29, 0.717) is 34.4 Å². The van der Waals surface area contributed by atoms with Crippen LogP contribution in [-0.4, -0.2) is 33.0 Å². The van der Waals surface area contributed by atoms with Crippen LogP contribution in [0.15, 0.2) is 106 Å². The Morgan fingerprint density at radius 1 is 0.905 bits per heavy atom. The number of hydrogen-bond acceptors (Lipinski definition) is 7. The van der Waals surface area contributed by atoms with Gasteiger partial charge >= 0.3 is 11.9 Å². The second kappa shape index (κ2) is 10.8. The van der Waals surface area contributed by atoms with E-state index < -0.39 is 22.0 Å². The van der Waals surface area contributed by atoms with Crippen molar-refractivity contribution in [2.45, 2.75) is 31.2 Å². The van der Waals surface area contributed by atoms with Crippen molar-refractivity contribution in [1.29, 1.82) is 0 Å². The minimum Gasteiger partial charge on any atom is -0.462 e. The summed E-state index contributed by atoms with van der Waals surface area (Å²) in [6, 6.07) is 26.8. The fraction of sp³-hybridized carbons (Fsp3) is 0.152. The molecule has 42 heavy (non-hydrogen) atoms. The highest BCUT2D eigenvalue weighted by molar-refractivity contribution is 7.92. The molecule has 0 N–H and O–H groups in total. The van der Waals surface area contributed by atoms with Crippen molar-refractivity contribution in [3.8, 4) is 17.1 Å². The largest absolute Gasteiger partial charge is 0.462 e. The highest BCUT2D eigenvalue weighted by atomic mass is 32.2. The molecule has 0 bridgehead atoms. The minimum atomic E-state index is -3.94. The summed E-state index contributed by atoms with van der Waals surface area (Å²) in [6.45, 7) is 3.75. The van der Waals surface area contributed by atoms with Crippen LogP contribution in [0.5, 0.6) is 5.75 Å². The van der Waals surface area contributed by atoms with Crippen molar-refractivity contribution in [3.63, 3.8) is 0 Å². The van der Waals surface area contributed by atoms with Crippen LogP contribution in [0.2, 0.25) is 0 Å². The van der Waals surface area contributed by atoms with Gasteiger partial charge in [0.1, 0.15) is 22.7 Å². The fourth-order valence-electron chi connectivity index (χ4n) is 5.31. The molecule has 1 atom stereocenters. The van der Waals surface area contributed by atoms with Crippen molar-refractivity contribution in [2.75, 3.05) is 10.9 Å². The van der Waals surface area contributed by atoms with Crippen LogP contribution in [0.3, 0.4) is 0 Å². The zero-order valence-electron chi connectivity index (χ0n) is 22.9. The molecule has 9 heteroatoms. The number of anilines is 1. The first kappa shape index (κ1) is 27.3. The molecule has 0 aliphatic carbocycles. The van der Waals surface area contributed by atoms with Crippen molar-refractivity contribution >= 4 is 38.6 Å². The quantitative estimate of drug-likeness (QED) is 0.157. The van der Waals surface area contributed by atoms with E-state index in [9.17, 15) is 18.0 Å². The predicted molar refractivity (Wildman–Crippen MR) is 158 cm³/mol. The van der Waals surface area contributed by atoms with Gasteiger partial charge in [-0.3, -0.25) is 4.31 Å². The Bertz CT molecular complexity index is 1930. The first-order chi connectivity index (χ1) is 20.3. The lowest BCUT2D eigenvalue weighted by atomic mass is 10.1. The topological polar surface area (TPSA) is 103 Å². The molecular weight excluding hydrogens is 554 g/mol. The molecule has 2 heterocycles. The summed E-state index contributed by atoms with van der Waals surface area (Å²) < 4.78 is 45.7. The van der Waals surface area contributed by atoms with E-state index in [2.05, 4.69) is 0 Å². The number of carbonyl (C=O) groups excluding carboxylic acids is 2. The Hall–Kier alpha value is -4.89. The number of fused-ring (bicyclic) bond motifs is 2. The van der Waals surface area contributed by atoms with Crippen LogP contribution in [-0.2, 0) is 21.2 Å². The van der Waals surface area contributed by atoms with Crippen LogP contribution < -0.4 is 9.04 Å². The Morgan fingerprint density at radius 3 is 2.45 bits per heavy atom. The maximum absolute atomic E-state index is 13.7. The lowest BCUT2D eigenvalue weighted by molar-refractivity contribution is 0.0528. The minimum absolute atomic E-state index is 0.0112. The molecule has 1 aromatic heterocycles. The van der Waals surface area contributed by atoms with Gasteiger partial charge in [0.25, 0.3) is 10.0 Å². The molecule has 0 radical (unpaired) electrons. The summed E-state index contributed by atoms with van der Waals surface area (Å²) >= 11 is 0. The molecular formula is C33H27NO7S. The molecule has 0 saturated heterocycles. The van der Waals surface area contributed by atoms with Gasteiger partial charge in [0, 0.05) is 17.0 Å². The van der Waals surface area contributed by atoms with Gasteiger partial charge < -0.3 is 13.9 Å². The van der Waals surface area contributed by atoms with Crippen LogP contribution >= 0.6 is 0 Å². The van der Waals surface area contributed by atoms with Gasteiger partial charge in [0.2, 0.25) is 0 Å². The molecule has 0 spiro atoms. The fourth-order valence-corrected chi connectivity index (χ4v) is 7.04. The number of nitrogens with zero attached hydrogens (tertiary/aromatic N) is 1. The summed E-state index contributed by atoms with van der Waals surface area (Å²) in [6.07, 6.45) is 0.605. The van der Waals surface area contributed by atoms with E-state index in [1.165, 1.54) is 28.6 Å². The third-order valence-electron chi connectivity index (χ3n) is 7.16. The van der Waals surface area contributed by atoms with Crippen LogP contribution in [0, 0.1) is 0 Å². The van der Waals surface area contributed by atoms with E-state index in [-0.39, 0.29) is 34.4 Å². The second-order valence-corrected chi connectivity index (χ2v) is 11.8. The molecule has 4 aromatic carbocycles. The van der Waals surface area contributed by atoms with Crippen LogP contribution in [0.4, 0.5) is 5.69 Å². The molecule has 0 saturated carbocycles. The summed E-state index contributed by atoms with van der Waals surface area (Å²) in [5.41, 5.74) is 3.01. The zero-order chi connectivity index (χ0) is 29.4. The number of furan rings is 1. The lowest BCUT2D eigenvalue weighted by Gasteiger charge is -2.24. The summed E-state index contributed by atoms with van der Waals surface area (Å²) in [7, 11) is -3.94. The molecule has 6 rings (SSSR count). The monoisotopic (exact) mass is 581 g/mol. The third-order valence-corrected chi connectivity index (χ3v) is 9.08. The molecule has 1 aliphatic rings. The van der Waals surface area contributed by atoms with Gasteiger partial charge in [-0.1, -0.05) is 54.6 Å². The van der Waals surface area contributed by atoms with E-state index >= 15 is 0 Å². The summed E-state index contributed by atoms with van der Waals surface area (Å²) in [5, 5.41) is 0.426. The number of carbonyl (C=O) groups is 2. The van der Waals surface area contributed by atoms with Gasteiger partial charge in [-0.05, 0) is 68.3 Å². The summed E-state index contributed by atoms with van der Waals surface area (Å²) in [4.78, 5) is 26.2. The Labute approximate surface area is 243 Å². The number of benzene rings is 4. The number of ether oxygens (including phenoxy) is 2. The molecule has 0 fully saturated rings. The first-order valence-electron chi connectivity index (χ1n) is 13.5. The molecule has 1 unspecified atom stereocenters. The van der Waals surface area contributed by atoms with E-state index in [1.807, 2.05) is 49.4 Å². The van der Waals surface area contributed by atoms with Gasteiger partial charge in [-0.15, -0.1) is 0 Å². The normalized spacial score (nSPS) is 14.5. The van der Waals surface area contributed by atoms with Crippen LogP contribution in [0.25, 0.3) is 22.3 Å². The van der Waals surface area contributed by atoms with Crippen molar-refractivity contribution in [3.05, 3.63) is 114 Å². The maximum atomic E-state index is 13.7. The molecule has 5 aromatic rings. The van der Waals surface area contributed by atoms with E-state index in [0.717, 1.165) is 5.56 Å². The number of para-hydroxylation sites is 1. The van der Waals surface area contributed by atoms with Crippen molar-refractivity contribution in [1.82, 2.24) is 0 Å². The van der Waals surface area contributed by atoms with Crippen molar-refractivity contribution in [2.24, 2.45) is 0 Å². The second-order valence-electron chi connectivity index (χ2n) is 9.95. The average Bonchev–Trinajstić information content (AvgIpc) is 3.55. The predicted octanol–water partition coefficient (Wildman–Crippen LogP) is 6.64. The van der Waals surface area contributed by atoms with Crippen LogP contribution in [0.1, 0.15) is 40.1 Å². The van der Waals surface area contributed by atoms with Gasteiger partial charge in [-0.2, -0.15) is 0 Å². The lowest BCUT2D eigenvalue weighted by Crippen LogP contribution is -2.35. The Kier molecular flexibility index (Phi) is 7.04. The van der Waals surface area contributed by atoms with Crippen molar-refractivity contribution < 1.29 is 31.9 Å². The Balaban J connectivity index is 1.32. The SMILES string of the molecule is CCOC(=O)c1c(-c2ccccc2)oc2ccc(OC(=O)c3cccc(S(=O)(=O)N4c5ccccc5CC4C)c3)cc12. The number of sulfonamides is 1. The van der Waals surface area contributed by atoms with Gasteiger partial charge in [0.15, 0.2) is 0 Å². The maximum Gasteiger partial charge on any atom is 0.343 e.